The molecule has 0 saturated carbocycles. The van der Waals surface area contributed by atoms with E-state index < -0.39 is 15.8 Å². The highest BCUT2D eigenvalue weighted by atomic mass is 32.2. The summed E-state index contributed by atoms with van der Waals surface area (Å²) in [6, 6.07) is 4.90. The van der Waals surface area contributed by atoms with E-state index in [2.05, 4.69) is 10.00 Å². The van der Waals surface area contributed by atoms with Crippen LogP contribution in [0, 0.1) is 19.7 Å². The Labute approximate surface area is 159 Å². The predicted octanol–water partition coefficient (Wildman–Crippen LogP) is 1.69. The van der Waals surface area contributed by atoms with Crippen molar-refractivity contribution in [2.24, 2.45) is 7.05 Å². The summed E-state index contributed by atoms with van der Waals surface area (Å²) in [6.45, 7) is 6.02. The second kappa shape index (κ2) is 7.57. The van der Waals surface area contributed by atoms with Crippen LogP contribution in [0.3, 0.4) is 0 Å². The van der Waals surface area contributed by atoms with Crippen LogP contribution in [-0.4, -0.2) is 60.7 Å². The van der Waals surface area contributed by atoms with Gasteiger partial charge in [-0.15, -0.1) is 0 Å². The van der Waals surface area contributed by atoms with Crippen LogP contribution < -0.4 is 4.74 Å². The van der Waals surface area contributed by atoms with Gasteiger partial charge in [0.05, 0.1) is 18.5 Å². The molecule has 1 saturated heterocycles. The van der Waals surface area contributed by atoms with E-state index in [1.54, 1.807) is 31.6 Å². The van der Waals surface area contributed by atoms with Crippen molar-refractivity contribution in [2.45, 2.75) is 25.3 Å². The molecule has 1 aromatic carbocycles. The number of hydrogen-bond donors (Lipinski definition) is 0. The number of rotatable bonds is 5. The number of sulfonamides is 1. The lowest BCUT2D eigenvalue weighted by Gasteiger charge is -2.34. The van der Waals surface area contributed by atoms with E-state index in [0.717, 1.165) is 5.56 Å². The van der Waals surface area contributed by atoms with Crippen molar-refractivity contribution in [3.8, 4) is 5.75 Å². The van der Waals surface area contributed by atoms with Crippen LogP contribution in [0.15, 0.2) is 23.1 Å². The number of halogens is 1. The Balaban J connectivity index is 1.67. The highest BCUT2D eigenvalue weighted by Crippen LogP contribution is 2.25. The van der Waals surface area contributed by atoms with Gasteiger partial charge in [0.2, 0.25) is 10.0 Å². The van der Waals surface area contributed by atoms with Crippen LogP contribution in [0.1, 0.15) is 17.0 Å². The second-order valence-electron chi connectivity index (χ2n) is 6.77. The summed E-state index contributed by atoms with van der Waals surface area (Å²) >= 11 is 0. The molecular formula is C18H25FN4O3S. The molecule has 0 spiro atoms. The Morgan fingerprint density at radius 1 is 1.19 bits per heavy atom. The molecule has 0 N–H and O–H groups in total. The first-order valence-corrected chi connectivity index (χ1v) is 10.2. The second-order valence-corrected chi connectivity index (χ2v) is 8.65. The first kappa shape index (κ1) is 19.8. The number of ether oxygens (including phenoxy) is 1. The summed E-state index contributed by atoms with van der Waals surface area (Å²) in [7, 11) is -0.390. The van der Waals surface area contributed by atoms with Gasteiger partial charge in [0.1, 0.15) is 4.90 Å². The van der Waals surface area contributed by atoms with E-state index in [1.807, 2.05) is 6.07 Å². The average molecular weight is 396 g/mol. The van der Waals surface area contributed by atoms with Crippen LogP contribution in [-0.2, 0) is 23.6 Å². The quantitative estimate of drug-likeness (QED) is 0.769. The zero-order chi connectivity index (χ0) is 19.8. The zero-order valence-corrected chi connectivity index (χ0v) is 16.9. The topological polar surface area (TPSA) is 67.7 Å². The van der Waals surface area contributed by atoms with Crippen LogP contribution in [0.25, 0.3) is 0 Å². The van der Waals surface area contributed by atoms with Crippen molar-refractivity contribution in [3.63, 3.8) is 0 Å². The monoisotopic (exact) mass is 396 g/mol. The Morgan fingerprint density at radius 2 is 1.85 bits per heavy atom. The molecular weight excluding hydrogens is 371 g/mol. The van der Waals surface area contributed by atoms with E-state index >= 15 is 0 Å². The molecule has 1 aliphatic heterocycles. The molecule has 27 heavy (non-hydrogen) atoms. The van der Waals surface area contributed by atoms with Crippen molar-refractivity contribution in [3.05, 3.63) is 41.0 Å². The number of methoxy groups -OCH3 is 1. The Kier molecular flexibility index (Phi) is 5.55. The standard InChI is InChI=1S/C18H25FN4O3S/c1-13-18(14(2)21(3)20-13)27(24,25)23-9-7-22(8-10-23)12-15-5-6-17(26-4)16(19)11-15/h5-6,11H,7-10,12H2,1-4H3. The fourth-order valence-corrected chi connectivity index (χ4v) is 5.27. The molecule has 0 aliphatic carbocycles. The minimum Gasteiger partial charge on any atom is -0.494 e. The van der Waals surface area contributed by atoms with Gasteiger partial charge in [0, 0.05) is 39.8 Å². The van der Waals surface area contributed by atoms with E-state index in [0.29, 0.717) is 49.0 Å². The normalized spacial score (nSPS) is 16.6. The predicted molar refractivity (Wildman–Crippen MR) is 99.7 cm³/mol. The highest BCUT2D eigenvalue weighted by molar-refractivity contribution is 7.89. The van der Waals surface area contributed by atoms with Gasteiger partial charge in [0.15, 0.2) is 11.6 Å². The Hall–Kier alpha value is -1.97. The fraction of sp³-hybridized carbons (Fsp3) is 0.500. The van der Waals surface area contributed by atoms with Gasteiger partial charge < -0.3 is 4.74 Å². The third-order valence-electron chi connectivity index (χ3n) is 4.99. The van der Waals surface area contributed by atoms with Gasteiger partial charge in [-0.1, -0.05) is 6.07 Å². The molecule has 2 aromatic rings. The Morgan fingerprint density at radius 3 is 2.37 bits per heavy atom. The lowest BCUT2D eigenvalue weighted by atomic mass is 10.2. The smallest absolute Gasteiger partial charge is 0.246 e. The lowest BCUT2D eigenvalue weighted by molar-refractivity contribution is 0.181. The zero-order valence-electron chi connectivity index (χ0n) is 16.1. The number of aryl methyl sites for hydroxylation is 2. The molecule has 3 rings (SSSR count). The minimum atomic E-state index is -3.57. The minimum absolute atomic E-state index is 0.219. The van der Waals surface area contributed by atoms with Crippen molar-refractivity contribution >= 4 is 10.0 Å². The summed E-state index contributed by atoms with van der Waals surface area (Å²) in [4.78, 5) is 2.42. The molecule has 148 valence electrons. The maximum absolute atomic E-state index is 13.8. The number of hydrogen-bond acceptors (Lipinski definition) is 5. The summed E-state index contributed by atoms with van der Waals surface area (Å²) in [6.07, 6.45) is 0. The van der Waals surface area contributed by atoms with Crippen molar-refractivity contribution < 1.29 is 17.5 Å². The van der Waals surface area contributed by atoms with Crippen LogP contribution in [0.4, 0.5) is 4.39 Å². The summed E-state index contributed by atoms with van der Waals surface area (Å²) in [5.41, 5.74) is 2.00. The fourth-order valence-electron chi connectivity index (χ4n) is 3.45. The maximum atomic E-state index is 13.8. The van der Waals surface area contributed by atoms with Gasteiger partial charge in [-0.25, -0.2) is 12.8 Å². The van der Waals surface area contributed by atoms with E-state index in [4.69, 9.17) is 4.74 Å². The SMILES string of the molecule is COc1ccc(CN2CCN(S(=O)(=O)c3c(C)nn(C)c3C)CC2)cc1F. The van der Waals surface area contributed by atoms with Gasteiger partial charge >= 0.3 is 0 Å². The van der Waals surface area contributed by atoms with Crippen molar-refractivity contribution in [1.29, 1.82) is 0 Å². The van der Waals surface area contributed by atoms with Gasteiger partial charge in [-0.05, 0) is 31.5 Å². The molecule has 0 amide bonds. The van der Waals surface area contributed by atoms with Crippen LogP contribution in [0.5, 0.6) is 5.75 Å². The average Bonchev–Trinajstić information content (AvgIpc) is 2.88. The first-order chi connectivity index (χ1) is 12.7. The lowest BCUT2D eigenvalue weighted by Crippen LogP contribution is -2.48. The largest absolute Gasteiger partial charge is 0.494 e. The molecule has 0 radical (unpaired) electrons. The number of aromatic nitrogens is 2. The number of nitrogens with zero attached hydrogens (tertiary/aromatic N) is 4. The molecule has 7 nitrogen and oxygen atoms in total. The third-order valence-corrected chi connectivity index (χ3v) is 7.15. The first-order valence-electron chi connectivity index (χ1n) is 8.79. The van der Waals surface area contributed by atoms with Crippen molar-refractivity contribution in [2.75, 3.05) is 33.3 Å². The molecule has 1 aliphatic rings. The van der Waals surface area contributed by atoms with E-state index in [9.17, 15) is 12.8 Å². The summed E-state index contributed by atoms with van der Waals surface area (Å²) < 4.78 is 47.9. The van der Waals surface area contributed by atoms with E-state index in [1.165, 1.54) is 17.5 Å². The summed E-state index contributed by atoms with van der Waals surface area (Å²) in [5, 5.41) is 4.22. The molecule has 0 atom stereocenters. The Bertz CT molecular complexity index is 934. The number of piperazine rings is 1. The van der Waals surface area contributed by atoms with Gasteiger partial charge in [-0.3, -0.25) is 9.58 Å². The molecule has 9 heteroatoms. The van der Waals surface area contributed by atoms with Gasteiger partial charge in [0.25, 0.3) is 0 Å². The van der Waals surface area contributed by atoms with Crippen LogP contribution in [0.2, 0.25) is 0 Å². The maximum Gasteiger partial charge on any atom is 0.246 e. The molecule has 0 unspecified atom stereocenters. The molecule has 2 heterocycles. The third kappa shape index (κ3) is 3.85. The highest BCUT2D eigenvalue weighted by Gasteiger charge is 2.32. The van der Waals surface area contributed by atoms with E-state index in [-0.39, 0.29) is 5.75 Å². The summed E-state index contributed by atoms with van der Waals surface area (Å²) in [5.74, 6) is -0.171. The molecule has 1 aromatic heterocycles. The van der Waals surface area contributed by atoms with Crippen LogP contribution >= 0.6 is 0 Å². The number of benzene rings is 1. The van der Waals surface area contributed by atoms with Crippen molar-refractivity contribution in [1.82, 2.24) is 19.0 Å². The molecule has 1 fully saturated rings. The van der Waals surface area contributed by atoms with Gasteiger partial charge in [-0.2, -0.15) is 9.40 Å². The molecule has 0 bridgehead atoms.